The summed E-state index contributed by atoms with van der Waals surface area (Å²) in [7, 11) is 0. The Morgan fingerprint density at radius 3 is 2.87 bits per heavy atom. The Kier molecular flexibility index (Phi) is 5.50. The Labute approximate surface area is 140 Å². The molecule has 0 bridgehead atoms. The highest BCUT2D eigenvalue weighted by atomic mass is 32.1. The number of amides is 1. The molecule has 2 N–H and O–H groups in total. The van der Waals surface area contributed by atoms with Gasteiger partial charge < -0.3 is 10.3 Å². The van der Waals surface area contributed by atoms with Crippen LogP contribution in [0.3, 0.4) is 0 Å². The van der Waals surface area contributed by atoms with Gasteiger partial charge in [-0.1, -0.05) is 19.9 Å². The molecule has 0 aliphatic rings. The number of H-pyrrole nitrogens is 1. The number of fused-ring (bicyclic) bond motifs is 1. The molecule has 0 spiro atoms. The first-order valence-electron chi connectivity index (χ1n) is 7.60. The number of carbonyl (C=O) groups excluding carboxylic acids is 1. The molecule has 0 aliphatic carbocycles. The minimum atomic E-state index is -0.185. The van der Waals surface area contributed by atoms with Crippen LogP contribution in [-0.4, -0.2) is 22.0 Å². The Morgan fingerprint density at radius 2 is 2.22 bits per heavy atom. The van der Waals surface area contributed by atoms with Crippen molar-refractivity contribution in [1.29, 1.82) is 0 Å². The molecule has 1 aromatic heterocycles. The van der Waals surface area contributed by atoms with E-state index in [2.05, 4.69) is 30.7 Å². The summed E-state index contributed by atoms with van der Waals surface area (Å²) in [6, 6.07) is 4.97. The summed E-state index contributed by atoms with van der Waals surface area (Å²) in [6.07, 6.45) is 2.54. The number of hydrogen-bond acceptors (Lipinski definition) is 3. The maximum atomic E-state index is 12.4. The maximum Gasteiger partial charge on any atom is 0.262 e. The lowest BCUT2D eigenvalue weighted by Crippen LogP contribution is -2.26. The molecular formula is C17H21N3O2S. The lowest BCUT2D eigenvalue weighted by atomic mass is 10.1. The molecule has 0 fully saturated rings. The van der Waals surface area contributed by atoms with E-state index in [1.165, 1.54) is 4.57 Å². The molecule has 2 rings (SSSR count). The van der Waals surface area contributed by atoms with E-state index in [0.717, 1.165) is 6.42 Å². The second-order valence-electron chi connectivity index (χ2n) is 5.83. The number of nitrogens with one attached hydrogen (secondary N) is 2. The molecule has 0 radical (unpaired) electrons. The van der Waals surface area contributed by atoms with Gasteiger partial charge in [-0.3, -0.25) is 14.2 Å². The molecule has 2 aromatic rings. The van der Waals surface area contributed by atoms with Crippen molar-refractivity contribution in [3.05, 3.63) is 51.5 Å². The van der Waals surface area contributed by atoms with Gasteiger partial charge >= 0.3 is 0 Å². The van der Waals surface area contributed by atoms with Gasteiger partial charge in [0, 0.05) is 18.7 Å². The first kappa shape index (κ1) is 17.1. The number of hydrogen-bond donors (Lipinski definition) is 2. The van der Waals surface area contributed by atoms with Crippen molar-refractivity contribution in [2.45, 2.75) is 26.8 Å². The maximum absolute atomic E-state index is 12.4. The van der Waals surface area contributed by atoms with Crippen molar-refractivity contribution in [3.8, 4) is 0 Å². The lowest BCUT2D eigenvalue weighted by molar-refractivity contribution is 0.0952. The van der Waals surface area contributed by atoms with E-state index >= 15 is 0 Å². The van der Waals surface area contributed by atoms with Gasteiger partial charge in [0.2, 0.25) is 0 Å². The van der Waals surface area contributed by atoms with Crippen LogP contribution < -0.4 is 10.9 Å². The zero-order valence-electron chi connectivity index (χ0n) is 13.4. The first-order chi connectivity index (χ1) is 10.9. The lowest BCUT2D eigenvalue weighted by Gasteiger charge is -2.09. The van der Waals surface area contributed by atoms with Crippen LogP contribution in [0.25, 0.3) is 10.9 Å². The van der Waals surface area contributed by atoms with Crippen LogP contribution in [0.4, 0.5) is 0 Å². The summed E-state index contributed by atoms with van der Waals surface area (Å²) in [5.74, 6) is 0.383. The van der Waals surface area contributed by atoms with Crippen molar-refractivity contribution in [2.75, 3.05) is 6.54 Å². The Bertz CT molecular complexity index is 849. The van der Waals surface area contributed by atoms with E-state index in [9.17, 15) is 9.59 Å². The molecule has 6 heteroatoms. The van der Waals surface area contributed by atoms with Crippen molar-refractivity contribution >= 4 is 29.0 Å². The Hall–Kier alpha value is -2.21. The summed E-state index contributed by atoms with van der Waals surface area (Å²) in [5.41, 5.74) is 0.889. The number of rotatable bonds is 6. The molecule has 0 saturated carbocycles. The summed E-state index contributed by atoms with van der Waals surface area (Å²) in [6.45, 7) is 8.82. The number of carbonyl (C=O) groups is 1. The molecule has 1 heterocycles. The highest BCUT2D eigenvalue weighted by Gasteiger charge is 2.10. The van der Waals surface area contributed by atoms with Gasteiger partial charge in [0.25, 0.3) is 11.5 Å². The average molecular weight is 331 g/mol. The fourth-order valence-corrected chi connectivity index (χ4v) is 2.53. The van der Waals surface area contributed by atoms with Crippen molar-refractivity contribution in [3.63, 3.8) is 0 Å². The highest BCUT2D eigenvalue weighted by Crippen LogP contribution is 2.11. The molecule has 5 nitrogen and oxygen atoms in total. The van der Waals surface area contributed by atoms with Crippen molar-refractivity contribution in [2.24, 2.45) is 5.92 Å². The summed E-state index contributed by atoms with van der Waals surface area (Å²) in [5, 5.41) is 3.38. The summed E-state index contributed by atoms with van der Waals surface area (Å²) >= 11 is 5.20. The Balaban J connectivity index is 2.34. The average Bonchev–Trinajstić information content (AvgIpc) is 2.50. The van der Waals surface area contributed by atoms with Crippen LogP contribution in [0, 0.1) is 10.7 Å². The minimum Gasteiger partial charge on any atom is -0.352 e. The molecule has 0 saturated heterocycles. The normalized spacial score (nSPS) is 10.9. The molecule has 0 atom stereocenters. The van der Waals surface area contributed by atoms with Crippen LogP contribution in [0.2, 0.25) is 0 Å². The minimum absolute atomic E-state index is 0.151. The van der Waals surface area contributed by atoms with Gasteiger partial charge in [0.1, 0.15) is 0 Å². The zero-order chi connectivity index (χ0) is 17.0. The number of nitrogens with zero attached hydrogens (tertiary/aromatic N) is 1. The molecule has 0 unspecified atom stereocenters. The zero-order valence-corrected chi connectivity index (χ0v) is 14.2. The third kappa shape index (κ3) is 3.96. The SMILES string of the molecule is C=CCn1c(=S)[nH]c2cc(C(=O)NCCC(C)C)ccc2c1=O. The van der Waals surface area contributed by atoms with Crippen LogP contribution in [0.1, 0.15) is 30.6 Å². The summed E-state index contributed by atoms with van der Waals surface area (Å²) in [4.78, 5) is 27.6. The van der Waals surface area contributed by atoms with E-state index in [1.54, 1.807) is 24.3 Å². The smallest absolute Gasteiger partial charge is 0.262 e. The molecule has 1 aromatic carbocycles. The quantitative estimate of drug-likeness (QED) is 0.631. The van der Waals surface area contributed by atoms with Crippen molar-refractivity contribution < 1.29 is 4.79 Å². The Morgan fingerprint density at radius 1 is 1.48 bits per heavy atom. The molecule has 23 heavy (non-hydrogen) atoms. The highest BCUT2D eigenvalue weighted by molar-refractivity contribution is 7.71. The fourth-order valence-electron chi connectivity index (χ4n) is 2.27. The van der Waals surface area contributed by atoms with Crippen LogP contribution >= 0.6 is 12.2 Å². The van der Waals surface area contributed by atoms with Gasteiger partial charge in [-0.2, -0.15) is 0 Å². The topological polar surface area (TPSA) is 66.9 Å². The van der Waals surface area contributed by atoms with E-state index < -0.39 is 0 Å². The molecule has 1 amide bonds. The van der Waals surface area contributed by atoms with Gasteiger partial charge in [0.05, 0.1) is 10.9 Å². The molecule has 122 valence electrons. The van der Waals surface area contributed by atoms with E-state index in [-0.39, 0.29) is 11.5 Å². The second-order valence-corrected chi connectivity index (χ2v) is 6.22. The van der Waals surface area contributed by atoms with E-state index in [4.69, 9.17) is 12.2 Å². The van der Waals surface area contributed by atoms with Crippen LogP contribution in [0.15, 0.2) is 35.6 Å². The molecular weight excluding hydrogens is 310 g/mol. The number of aromatic amines is 1. The van der Waals surface area contributed by atoms with Gasteiger partial charge in [-0.15, -0.1) is 6.58 Å². The first-order valence-corrected chi connectivity index (χ1v) is 8.01. The monoisotopic (exact) mass is 331 g/mol. The number of aromatic nitrogens is 2. The van der Waals surface area contributed by atoms with Crippen LogP contribution in [-0.2, 0) is 6.54 Å². The summed E-state index contributed by atoms with van der Waals surface area (Å²) < 4.78 is 1.76. The number of allylic oxidation sites excluding steroid dienone is 1. The fraction of sp³-hybridized carbons (Fsp3) is 0.353. The van der Waals surface area contributed by atoms with Crippen LogP contribution in [0.5, 0.6) is 0 Å². The standard InChI is InChI=1S/C17H21N3O2S/c1-4-9-20-16(22)13-6-5-12(10-14(13)19-17(20)23)15(21)18-8-7-11(2)3/h4-6,10-11H,1,7-9H2,2-3H3,(H,18,21)(H,19,23). The second kappa shape index (κ2) is 7.37. The van der Waals surface area contributed by atoms with Gasteiger partial charge in [-0.05, 0) is 42.8 Å². The third-order valence-electron chi connectivity index (χ3n) is 3.56. The van der Waals surface area contributed by atoms with E-state index in [0.29, 0.717) is 40.2 Å². The van der Waals surface area contributed by atoms with Gasteiger partial charge in [-0.25, -0.2) is 0 Å². The van der Waals surface area contributed by atoms with Gasteiger partial charge in [0.15, 0.2) is 4.77 Å². The van der Waals surface area contributed by atoms with Crippen molar-refractivity contribution in [1.82, 2.24) is 14.9 Å². The third-order valence-corrected chi connectivity index (χ3v) is 3.89. The van der Waals surface area contributed by atoms with E-state index in [1.807, 2.05) is 0 Å². The number of benzene rings is 1. The largest absolute Gasteiger partial charge is 0.352 e. The predicted octanol–water partition coefficient (Wildman–Crippen LogP) is 3.02. The predicted molar refractivity (Wildman–Crippen MR) is 95.4 cm³/mol. The molecule has 0 aliphatic heterocycles.